The number of likely N-dealkylation sites (tertiary alicyclic amines) is 1. The zero-order valence-corrected chi connectivity index (χ0v) is 11.1. The van der Waals surface area contributed by atoms with E-state index in [0.29, 0.717) is 25.4 Å². The number of hydrogen-bond donors (Lipinski definition) is 1. The van der Waals surface area contributed by atoms with Gasteiger partial charge in [0.25, 0.3) is 0 Å². The fourth-order valence-corrected chi connectivity index (χ4v) is 2.45. The van der Waals surface area contributed by atoms with Gasteiger partial charge in [0, 0.05) is 19.0 Å². The van der Waals surface area contributed by atoms with Crippen molar-refractivity contribution >= 4 is 17.5 Å². The van der Waals surface area contributed by atoms with Gasteiger partial charge in [0.2, 0.25) is 5.91 Å². The molecule has 3 unspecified atom stereocenters. The van der Waals surface area contributed by atoms with Gasteiger partial charge >= 0.3 is 0 Å². The van der Waals surface area contributed by atoms with Crippen LogP contribution in [0.15, 0.2) is 0 Å². The number of rotatable bonds is 3. The van der Waals surface area contributed by atoms with E-state index in [9.17, 15) is 9.90 Å². The molecule has 1 heterocycles. The normalized spacial score (nSPS) is 28.2. The molecular weight excluding hydrogens is 226 g/mol. The van der Waals surface area contributed by atoms with Crippen molar-refractivity contribution in [3.05, 3.63) is 0 Å². The molecule has 0 spiro atoms. The lowest BCUT2D eigenvalue weighted by Gasteiger charge is -2.37. The Morgan fingerprint density at radius 2 is 2.12 bits per heavy atom. The maximum atomic E-state index is 11.7. The lowest BCUT2D eigenvalue weighted by Crippen LogP contribution is -2.48. The van der Waals surface area contributed by atoms with Gasteiger partial charge in [-0.25, -0.2) is 0 Å². The van der Waals surface area contributed by atoms with Crippen LogP contribution in [-0.2, 0) is 4.79 Å². The fourth-order valence-electron chi connectivity index (χ4n) is 2.31. The third-order valence-electron chi connectivity index (χ3n) is 3.12. The molecule has 1 aliphatic heterocycles. The molecule has 3 nitrogen and oxygen atoms in total. The average molecular weight is 248 g/mol. The van der Waals surface area contributed by atoms with Crippen molar-refractivity contribution in [1.82, 2.24) is 4.90 Å². The molecule has 0 aromatic rings. The second-order valence-corrected chi connectivity index (χ2v) is 5.80. The monoisotopic (exact) mass is 247 g/mol. The Balaban J connectivity index is 2.56. The molecular formula is C12H22ClNO2. The molecule has 3 atom stereocenters. The van der Waals surface area contributed by atoms with Crippen LogP contribution in [-0.4, -0.2) is 40.5 Å². The Kier molecular flexibility index (Phi) is 5.06. The molecule has 1 fully saturated rings. The molecule has 0 aromatic heterocycles. The van der Waals surface area contributed by atoms with E-state index in [2.05, 4.69) is 13.8 Å². The number of hydrogen-bond acceptors (Lipinski definition) is 2. The molecule has 1 N–H and O–H groups in total. The van der Waals surface area contributed by atoms with E-state index in [1.165, 1.54) is 0 Å². The van der Waals surface area contributed by atoms with E-state index >= 15 is 0 Å². The number of piperidine rings is 1. The van der Waals surface area contributed by atoms with Gasteiger partial charge in [-0.05, 0) is 25.7 Å². The maximum absolute atomic E-state index is 11.7. The van der Waals surface area contributed by atoms with Gasteiger partial charge in [-0.2, -0.15) is 0 Å². The summed E-state index contributed by atoms with van der Waals surface area (Å²) in [6.07, 6.45) is 1.37. The molecule has 94 valence electrons. The molecule has 0 radical (unpaired) electrons. The summed E-state index contributed by atoms with van der Waals surface area (Å²) in [5.41, 5.74) is 0. The van der Waals surface area contributed by atoms with Gasteiger partial charge < -0.3 is 10.0 Å². The maximum Gasteiger partial charge on any atom is 0.240 e. The number of nitrogens with zero attached hydrogens (tertiary/aromatic N) is 1. The van der Waals surface area contributed by atoms with Gasteiger partial charge in [-0.15, -0.1) is 11.6 Å². The van der Waals surface area contributed by atoms with E-state index in [1.807, 2.05) is 0 Å². The predicted molar refractivity (Wildman–Crippen MR) is 65.5 cm³/mol. The second-order valence-electron chi connectivity index (χ2n) is 5.15. The Bertz CT molecular complexity index is 243. The minimum Gasteiger partial charge on any atom is -0.393 e. The number of amides is 1. The Hall–Kier alpha value is -0.280. The first-order valence-corrected chi connectivity index (χ1v) is 6.46. The molecule has 1 aliphatic rings. The lowest BCUT2D eigenvalue weighted by molar-refractivity contribution is -0.134. The third-order valence-corrected chi connectivity index (χ3v) is 3.31. The molecule has 0 saturated carbocycles. The van der Waals surface area contributed by atoms with Crippen molar-refractivity contribution in [3.8, 4) is 0 Å². The molecule has 1 rings (SSSR count). The molecule has 0 bridgehead atoms. The molecule has 0 aliphatic carbocycles. The fraction of sp³-hybridized carbons (Fsp3) is 0.917. The predicted octanol–water partition coefficient (Wildman–Crippen LogP) is 1.87. The van der Waals surface area contributed by atoms with Crippen molar-refractivity contribution < 1.29 is 9.90 Å². The van der Waals surface area contributed by atoms with Crippen molar-refractivity contribution in [2.45, 2.75) is 45.1 Å². The van der Waals surface area contributed by atoms with Crippen LogP contribution < -0.4 is 0 Å². The highest BCUT2D eigenvalue weighted by Gasteiger charge is 2.31. The van der Waals surface area contributed by atoms with Crippen LogP contribution in [0.4, 0.5) is 0 Å². The van der Waals surface area contributed by atoms with Gasteiger partial charge in [0.1, 0.15) is 5.38 Å². The Labute approximate surface area is 103 Å². The highest BCUT2D eigenvalue weighted by atomic mass is 35.5. The largest absolute Gasteiger partial charge is 0.393 e. The topological polar surface area (TPSA) is 40.5 Å². The van der Waals surface area contributed by atoms with Crippen molar-refractivity contribution in [3.63, 3.8) is 0 Å². The van der Waals surface area contributed by atoms with E-state index in [-0.39, 0.29) is 17.9 Å². The lowest BCUT2D eigenvalue weighted by atomic mass is 9.87. The second kappa shape index (κ2) is 5.87. The minimum absolute atomic E-state index is 0.0117. The van der Waals surface area contributed by atoms with Crippen LogP contribution >= 0.6 is 11.6 Å². The quantitative estimate of drug-likeness (QED) is 0.774. The van der Waals surface area contributed by atoms with Crippen molar-refractivity contribution in [2.75, 3.05) is 13.1 Å². The summed E-state index contributed by atoms with van der Waals surface area (Å²) in [5.74, 6) is 0.735. The van der Waals surface area contributed by atoms with Crippen LogP contribution in [0.5, 0.6) is 0 Å². The van der Waals surface area contributed by atoms with Crippen molar-refractivity contribution in [1.29, 1.82) is 0 Å². The van der Waals surface area contributed by atoms with Crippen LogP contribution in [0.2, 0.25) is 0 Å². The summed E-state index contributed by atoms with van der Waals surface area (Å²) in [5, 5.41) is 9.42. The first kappa shape index (κ1) is 13.8. The SMILES string of the molecule is CC(C)CC1CN(C(=O)C(C)Cl)CCC1O. The summed E-state index contributed by atoms with van der Waals surface area (Å²) in [6, 6.07) is 0. The summed E-state index contributed by atoms with van der Waals surface area (Å²) in [7, 11) is 0. The number of aliphatic hydroxyl groups is 1. The first-order chi connectivity index (χ1) is 7.41. The van der Waals surface area contributed by atoms with Crippen molar-refractivity contribution in [2.24, 2.45) is 11.8 Å². The molecule has 0 aromatic carbocycles. The molecule has 16 heavy (non-hydrogen) atoms. The summed E-state index contributed by atoms with van der Waals surface area (Å²) in [6.45, 7) is 7.25. The van der Waals surface area contributed by atoms with E-state index < -0.39 is 5.38 Å². The average Bonchev–Trinajstić information content (AvgIpc) is 2.19. The highest BCUT2D eigenvalue weighted by Crippen LogP contribution is 2.24. The highest BCUT2D eigenvalue weighted by molar-refractivity contribution is 6.30. The van der Waals surface area contributed by atoms with E-state index in [4.69, 9.17) is 11.6 Å². The van der Waals surface area contributed by atoms with Gasteiger partial charge in [-0.3, -0.25) is 4.79 Å². The number of halogens is 1. The van der Waals surface area contributed by atoms with Gasteiger partial charge in [-0.1, -0.05) is 13.8 Å². The third kappa shape index (κ3) is 3.63. The van der Waals surface area contributed by atoms with Crippen LogP contribution in [0.3, 0.4) is 0 Å². The summed E-state index contributed by atoms with van der Waals surface area (Å²) in [4.78, 5) is 13.5. The molecule has 1 amide bonds. The zero-order chi connectivity index (χ0) is 12.3. The number of aliphatic hydroxyl groups excluding tert-OH is 1. The van der Waals surface area contributed by atoms with Crippen LogP contribution in [0.1, 0.15) is 33.6 Å². The van der Waals surface area contributed by atoms with Gasteiger partial charge in [0.15, 0.2) is 0 Å². The minimum atomic E-state index is -0.463. The molecule has 1 saturated heterocycles. The zero-order valence-electron chi connectivity index (χ0n) is 10.3. The smallest absolute Gasteiger partial charge is 0.240 e. The van der Waals surface area contributed by atoms with E-state index in [0.717, 1.165) is 6.42 Å². The summed E-state index contributed by atoms with van der Waals surface area (Å²) >= 11 is 5.80. The van der Waals surface area contributed by atoms with Gasteiger partial charge in [0.05, 0.1) is 6.10 Å². The molecule has 4 heteroatoms. The Morgan fingerprint density at radius 1 is 1.50 bits per heavy atom. The standard InChI is InChI=1S/C12H22ClNO2/c1-8(2)6-10-7-14(5-4-11(10)15)12(16)9(3)13/h8-11,15H,4-7H2,1-3H3. The van der Waals surface area contributed by atoms with E-state index in [1.54, 1.807) is 11.8 Å². The summed E-state index contributed by atoms with van der Waals surface area (Å²) < 4.78 is 0. The Morgan fingerprint density at radius 3 is 2.62 bits per heavy atom. The number of carbonyl (C=O) groups excluding carboxylic acids is 1. The first-order valence-electron chi connectivity index (χ1n) is 6.02. The number of carbonyl (C=O) groups is 1. The van der Waals surface area contributed by atoms with Crippen LogP contribution in [0.25, 0.3) is 0 Å². The number of alkyl halides is 1. The van der Waals surface area contributed by atoms with Crippen LogP contribution in [0, 0.1) is 11.8 Å².